The number of benzene rings is 1. The van der Waals surface area contributed by atoms with Crippen LogP contribution in [0.15, 0.2) is 22.7 Å². The predicted molar refractivity (Wildman–Crippen MR) is 79.1 cm³/mol. The number of rotatable bonds is 6. The van der Waals surface area contributed by atoms with Crippen LogP contribution in [-0.2, 0) is 0 Å². The number of nitrogens with zero attached hydrogens (tertiary/aromatic N) is 3. The molecule has 0 aliphatic heterocycles. The molecule has 0 aliphatic rings. The first kappa shape index (κ1) is 15.6. The fourth-order valence-electron chi connectivity index (χ4n) is 2.14. The highest BCUT2D eigenvalue weighted by molar-refractivity contribution is 5.55. The lowest BCUT2D eigenvalue weighted by atomic mass is 10.1. The van der Waals surface area contributed by atoms with Gasteiger partial charge in [0, 0.05) is 6.54 Å². The summed E-state index contributed by atoms with van der Waals surface area (Å²) in [5.74, 6) is 0.187. The smallest absolute Gasteiger partial charge is 0.260 e. The highest BCUT2D eigenvalue weighted by Crippen LogP contribution is 2.23. The molecule has 1 aromatic heterocycles. The van der Waals surface area contributed by atoms with E-state index < -0.39 is 0 Å². The quantitative estimate of drug-likeness (QED) is 0.886. The van der Waals surface area contributed by atoms with Gasteiger partial charge in [0.1, 0.15) is 5.82 Å². The molecule has 0 saturated carbocycles. The van der Waals surface area contributed by atoms with Crippen molar-refractivity contribution >= 4 is 0 Å². The molecular weight excluding hydrogens is 271 g/mol. The second-order valence-corrected chi connectivity index (χ2v) is 5.03. The molecule has 1 aromatic carbocycles. The van der Waals surface area contributed by atoms with Crippen LogP contribution in [0.5, 0.6) is 0 Å². The maximum Gasteiger partial charge on any atom is 0.260 e. The Morgan fingerprint density at radius 1 is 1.33 bits per heavy atom. The molecule has 0 bridgehead atoms. The molecule has 21 heavy (non-hydrogen) atoms. The van der Waals surface area contributed by atoms with E-state index in [2.05, 4.69) is 28.9 Å². The monoisotopic (exact) mass is 292 g/mol. The van der Waals surface area contributed by atoms with Gasteiger partial charge in [-0.1, -0.05) is 30.6 Å². The van der Waals surface area contributed by atoms with Crippen LogP contribution in [0.25, 0.3) is 11.5 Å². The van der Waals surface area contributed by atoms with Gasteiger partial charge in [-0.3, -0.25) is 0 Å². The molecule has 0 saturated heterocycles. The zero-order valence-electron chi connectivity index (χ0n) is 12.6. The van der Waals surface area contributed by atoms with Crippen molar-refractivity contribution in [3.8, 4) is 11.5 Å². The molecule has 114 valence electrons. The highest BCUT2D eigenvalue weighted by Gasteiger charge is 2.19. The van der Waals surface area contributed by atoms with Gasteiger partial charge in [0.25, 0.3) is 5.89 Å². The first-order valence-electron chi connectivity index (χ1n) is 7.13. The van der Waals surface area contributed by atoms with Gasteiger partial charge in [-0.25, -0.2) is 4.39 Å². The van der Waals surface area contributed by atoms with Crippen molar-refractivity contribution in [2.45, 2.75) is 26.8 Å². The molecule has 0 aliphatic carbocycles. The van der Waals surface area contributed by atoms with Crippen LogP contribution >= 0.6 is 0 Å². The first-order chi connectivity index (χ1) is 10.0. The van der Waals surface area contributed by atoms with Crippen LogP contribution in [0.2, 0.25) is 0 Å². The van der Waals surface area contributed by atoms with Crippen LogP contribution in [0, 0.1) is 12.7 Å². The molecule has 2 rings (SSSR count). The number of nitrogens with two attached hydrogens (primary N) is 1. The van der Waals surface area contributed by atoms with E-state index in [4.69, 9.17) is 10.3 Å². The van der Waals surface area contributed by atoms with Crippen molar-refractivity contribution in [2.75, 3.05) is 19.6 Å². The molecule has 5 nitrogen and oxygen atoms in total. The molecule has 0 radical (unpaired) electrons. The van der Waals surface area contributed by atoms with E-state index in [1.54, 1.807) is 12.1 Å². The summed E-state index contributed by atoms with van der Waals surface area (Å²) in [5, 5.41) is 3.88. The molecule has 1 heterocycles. The zero-order valence-corrected chi connectivity index (χ0v) is 12.6. The maximum atomic E-state index is 13.8. The number of hydrogen-bond donors (Lipinski definition) is 1. The van der Waals surface area contributed by atoms with Gasteiger partial charge in [0.2, 0.25) is 0 Å². The molecule has 6 heteroatoms. The van der Waals surface area contributed by atoms with Gasteiger partial charge in [0.15, 0.2) is 5.82 Å². The minimum atomic E-state index is -0.381. The molecule has 2 N–H and O–H groups in total. The number of aromatic nitrogens is 2. The second-order valence-electron chi connectivity index (χ2n) is 5.03. The Morgan fingerprint density at radius 2 is 2.05 bits per heavy atom. The first-order valence-corrected chi connectivity index (χ1v) is 7.13. The minimum Gasteiger partial charge on any atom is -0.334 e. The van der Waals surface area contributed by atoms with Crippen LogP contribution in [0.3, 0.4) is 0 Å². The third-order valence-electron chi connectivity index (χ3n) is 3.47. The van der Waals surface area contributed by atoms with E-state index in [-0.39, 0.29) is 17.7 Å². The molecule has 1 unspecified atom stereocenters. The van der Waals surface area contributed by atoms with Gasteiger partial charge in [-0.05, 0) is 32.1 Å². The second kappa shape index (κ2) is 6.78. The summed E-state index contributed by atoms with van der Waals surface area (Å²) in [6, 6.07) is 4.42. The molecule has 0 fully saturated rings. The Morgan fingerprint density at radius 3 is 2.71 bits per heavy atom. The van der Waals surface area contributed by atoms with Gasteiger partial charge in [-0.2, -0.15) is 4.98 Å². The third-order valence-corrected chi connectivity index (χ3v) is 3.47. The summed E-state index contributed by atoms with van der Waals surface area (Å²) in [7, 11) is 0. The van der Waals surface area contributed by atoms with Crippen LogP contribution in [0.1, 0.15) is 31.3 Å². The van der Waals surface area contributed by atoms with Crippen molar-refractivity contribution in [2.24, 2.45) is 5.73 Å². The fraction of sp³-hybridized carbons (Fsp3) is 0.467. The topological polar surface area (TPSA) is 68.2 Å². The van der Waals surface area contributed by atoms with Crippen molar-refractivity contribution in [1.29, 1.82) is 0 Å². The Kier molecular flexibility index (Phi) is 5.03. The van der Waals surface area contributed by atoms with Crippen LogP contribution in [0.4, 0.5) is 4.39 Å². The van der Waals surface area contributed by atoms with Crippen molar-refractivity contribution in [3.05, 3.63) is 35.4 Å². The summed E-state index contributed by atoms with van der Waals surface area (Å²) in [5.41, 5.74) is 7.32. The Hall–Kier alpha value is -1.79. The maximum absolute atomic E-state index is 13.8. The molecule has 2 aromatic rings. The van der Waals surface area contributed by atoms with Gasteiger partial charge >= 0.3 is 0 Å². The average molecular weight is 292 g/mol. The van der Waals surface area contributed by atoms with Gasteiger partial charge in [-0.15, -0.1) is 0 Å². The average Bonchev–Trinajstić information content (AvgIpc) is 2.96. The van der Waals surface area contributed by atoms with Gasteiger partial charge in [0.05, 0.1) is 11.6 Å². The lowest BCUT2D eigenvalue weighted by Gasteiger charge is -2.20. The number of halogens is 1. The van der Waals surface area contributed by atoms with Gasteiger partial charge < -0.3 is 15.2 Å². The Labute approximate surface area is 123 Å². The standard InChI is InChI=1S/C15H21FN4O/c1-4-20(5-2)9-13(17)14-18-15(21-19-14)11-8-10(3)6-7-12(11)16/h6-8,13H,4-5,9,17H2,1-3H3. The fourth-order valence-corrected chi connectivity index (χ4v) is 2.14. The normalized spacial score (nSPS) is 12.9. The van der Waals surface area contributed by atoms with Crippen molar-refractivity contribution in [1.82, 2.24) is 15.0 Å². The van der Waals surface area contributed by atoms with Crippen molar-refractivity contribution < 1.29 is 8.91 Å². The number of hydrogen-bond acceptors (Lipinski definition) is 5. The van der Waals surface area contributed by atoms with Crippen molar-refractivity contribution in [3.63, 3.8) is 0 Å². The molecule has 1 atom stereocenters. The van der Waals surface area contributed by atoms with Crippen LogP contribution in [-0.4, -0.2) is 34.7 Å². The van der Waals surface area contributed by atoms with E-state index in [0.29, 0.717) is 17.9 Å². The van der Waals surface area contributed by atoms with Crippen LogP contribution < -0.4 is 5.73 Å². The zero-order chi connectivity index (χ0) is 15.4. The third kappa shape index (κ3) is 3.65. The number of aryl methyl sites for hydroxylation is 1. The van der Waals surface area contributed by atoms with E-state index in [9.17, 15) is 4.39 Å². The minimum absolute atomic E-state index is 0.168. The summed E-state index contributed by atoms with van der Waals surface area (Å²) in [4.78, 5) is 6.41. The number of likely N-dealkylation sites (N-methyl/N-ethyl adjacent to an activating group) is 1. The Bertz CT molecular complexity index is 595. The van der Waals surface area contributed by atoms with E-state index in [0.717, 1.165) is 18.7 Å². The van der Waals surface area contributed by atoms with E-state index in [1.807, 2.05) is 6.92 Å². The summed E-state index contributed by atoms with van der Waals surface area (Å²) in [6.45, 7) is 8.47. The Balaban J connectivity index is 2.19. The molecule has 0 spiro atoms. The summed E-state index contributed by atoms with van der Waals surface area (Å²) >= 11 is 0. The van der Waals surface area contributed by atoms with E-state index >= 15 is 0 Å². The lowest BCUT2D eigenvalue weighted by molar-refractivity contribution is 0.278. The predicted octanol–water partition coefficient (Wildman–Crippen LogP) is 2.53. The molecule has 0 amide bonds. The lowest BCUT2D eigenvalue weighted by Crippen LogP contribution is -2.32. The van der Waals surface area contributed by atoms with E-state index in [1.165, 1.54) is 6.07 Å². The largest absolute Gasteiger partial charge is 0.334 e. The molecular formula is C15H21FN4O. The highest BCUT2D eigenvalue weighted by atomic mass is 19.1. The summed E-state index contributed by atoms with van der Waals surface area (Å²) in [6.07, 6.45) is 0. The summed E-state index contributed by atoms with van der Waals surface area (Å²) < 4.78 is 19.0. The SMILES string of the molecule is CCN(CC)CC(N)c1noc(-c2cc(C)ccc2F)n1.